The molecule has 0 aliphatic carbocycles. The van der Waals surface area contributed by atoms with Gasteiger partial charge >= 0.3 is 0 Å². The Bertz CT molecular complexity index is 1040. The molecule has 1 saturated heterocycles. The van der Waals surface area contributed by atoms with Crippen molar-refractivity contribution in [1.82, 2.24) is 15.5 Å². The van der Waals surface area contributed by atoms with E-state index in [4.69, 9.17) is 25.5 Å². The minimum Gasteiger partial charge on any atom is -0.477 e. The predicted octanol–water partition coefficient (Wildman–Crippen LogP) is 2.49. The molecule has 0 amide bonds. The molecular formula is C23H28N6O3. The molecule has 168 valence electrons. The zero-order valence-corrected chi connectivity index (χ0v) is 18.1. The monoisotopic (exact) mass is 436 g/mol. The molecule has 9 heteroatoms. The lowest BCUT2D eigenvalue weighted by Crippen LogP contribution is -2.46. The third-order valence-electron chi connectivity index (χ3n) is 5.54. The van der Waals surface area contributed by atoms with Crippen molar-refractivity contribution >= 4 is 5.84 Å². The van der Waals surface area contributed by atoms with Gasteiger partial charge in [-0.15, -0.1) is 5.10 Å². The lowest BCUT2D eigenvalue weighted by molar-refractivity contribution is 0.0608. The van der Waals surface area contributed by atoms with Crippen LogP contribution >= 0.6 is 0 Å². The standard InChI is InChI=1S/C23H28N6O3/c1-16-19(27-21(32-16)18-6-3-2-4-7-18)10-13-30-20-9-8-17(15-26-20)14-23(11-5-12-31-23)22(24)28-29-25/h2-4,6-9,15,29H,5,10-14,25H2,1H3,(H2,24,28). The average molecular weight is 437 g/mol. The molecule has 1 unspecified atom stereocenters. The number of nitrogens with one attached hydrogen (secondary N) is 1. The third kappa shape index (κ3) is 4.90. The van der Waals surface area contributed by atoms with E-state index in [9.17, 15) is 0 Å². The molecule has 1 atom stereocenters. The molecule has 0 radical (unpaired) electrons. The first kappa shape index (κ1) is 21.8. The van der Waals surface area contributed by atoms with E-state index >= 15 is 0 Å². The fraction of sp³-hybridized carbons (Fsp3) is 0.348. The van der Waals surface area contributed by atoms with E-state index in [1.165, 1.54) is 0 Å². The Hall–Kier alpha value is -3.43. The van der Waals surface area contributed by atoms with Gasteiger partial charge in [-0.3, -0.25) is 0 Å². The molecule has 1 aliphatic rings. The molecule has 1 aromatic carbocycles. The van der Waals surface area contributed by atoms with Crippen LogP contribution in [0.3, 0.4) is 0 Å². The molecule has 3 aromatic rings. The molecule has 2 aromatic heterocycles. The maximum atomic E-state index is 6.10. The summed E-state index contributed by atoms with van der Waals surface area (Å²) in [4.78, 5) is 9.02. The van der Waals surface area contributed by atoms with Crippen LogP contribution in [0, 0.1) is 6.92 Å². The molecule has 0 saturated carbocycles. The van der Waals surface area contributed by atoms with E-state index in [1.54, 1.807) is 6.20 Å². The molecule has 1 fully saturated rings. The van der Waals surface area contributed by atoms with Gasteiger partial charge < -0.3 is 19.6 Å². The summed E-state index contributed by atoms with van der Waals surface area (Å²) in [6, 6.07) is 13.6. The Morgan fingerprint density at radius 3 is 2.78 bits per heavy atom. The lowest BCUT2D eigenvalue weighted by Gasteiger charge is -2.27. The van der Waals surface area contributed by atoms with Crippen molar-refractivity contribution in [2.45, 2.75) is 38.2 Å². The highest BCUT2D eigenvalue weighted by atomic mass is 16.5. The zero-order valence-electron chi connectivity index (χ0n) is 18.1. The highest BCUT2D eigenvalue weighted by Crippen LogP contribution is 2.30. The second-order valence-electron chi connectivity index (χ2n) is 7.74. The molecule has 32 heavy (non-hydrogen) atoms. The molecule has 5 N–H and O–H groups in total. The minimum atomic E-state index is -0.655. The molecule has 0 bridgehead atoms. The van der Waals surface area contributed by atoms with Crippen LogP contribution in [0.15, 0.2) is 58.2 Å². The van der Waals surface area contributed by atoms with Crippen LogP contribution in [0.4, 0.5) is 0 Å². The van der Waals surface area contributed by atoms with Gasteiger partial charge in [0.05, 0.1) is 12.3 Å². The summed E-state index contributed by atoms with van der Waals surface area (Å²) in [5, 5.41) is 3.93. The minimum absolute atomic E-state index is 0.343. The van der Waals surface area contributed by atoms with Crippen molar-refractivity contribution in [3.8, 4) is 17.3 Å². The number of hydrazone groups is 1. The van der Waals surface area contributed by atoms with Crippen LogP contribution in [0.25, 0.3) is 11.5 Å². The van der Waals surface area contributed by atoms with Crippen molar-refractivity contribution in [2.75, 3.05) is 13.2 Å². The smallest absolute Gasteiger partial charge is 0.226 e. The predicted molar refractivity (Wildman–Crippen MR) is 121 cm³/mol. The number of nitrogens with zero attached hydrogens (tertiary/aromatic N) is 3. The summed E-state index contributed by atoms with van der Waals surface area (Å²) in [6.45, 7) is 3.00. The quantitative estimate of drug-likeness (QED) is 0.202. The van der Waals surface area contributed by atoms with Gasteiger partial charge in [-0.1, -0.05) is 24.3 Å². The van der Waals surface area contributed by atoms with Gasteiger partial charge in [-0.2, -0.15) is 0 Å². The number of benzene rings is 1. The number of ether oxygens (including phenoxy) is 2. The lowest BCUT2D eigenvalue weighted by atomic mass is 9.91. The van der Waals surface area contributed by atoms with E-state index in [0.29, 0.717) is 43.7 Å². The topological polar surface area (TPSA) is 134 Å². The summed E-state index contributed by atoms with van der Waals surface area (Å²) < 4.78 is 17.5. The maximum absolute atomic E-state index is 6.10. The van der Waals surface area contributed by atoms with Crippen LogP contribution in [0.1, 0.15) is 29.9 Å². The third-order valence-corrected chi connectivity index (χ3v) is 5.54. The van der Waals surface area contributed by atoms with Gasteiger partial charge in [0.2, 0.25) is 11.8 Å². The first-order valence-corrected chi connectivity index (χ1v) is 10.6. The average Bonchev–Trinajstić information content (AvgIpc) is 3.43. The SMILES string of the molecule is Cc1oc(-c2ccccc2)nc1CCOc1ccc(CC2(C(N)=NNN)CCCO2)cn1. The molecule has 1 aliphatic heterocycles. The van der Waals surface area contributed by atoms with Gasteiger partial charge in [0.15, 0.2) is 5.84 Å². The van der Waals surface area contributed by atoms with Crippen molar-refractivity contribution in [3.05, 3.63) is 65.7 Å². The number of hydrazine groups is 1. The maximum Gasteiger partial charge on any atom is 0.226 e. The van der Waals surface area contributed by atoms with Gasteiger partial charge in [-0.05, 0) is 37.5 Å². The van der Waals surface area contributed by atoms with E-state index < -0.39 is 5.60 Å². The van der Waals surface area contributed by atoms with Crippen LogP contribution in [-0.2, 0) is 17.6 Å². The first-order valence-electron chi connectivity index (χ1n) is 10.6. The number of aryl methyl sites for hydroxylation is 1. The van der Waals surface area contributed by atoms with Crippen molar-refractivity contribution in [1.29, 1.82) is 0 Å². The van der Waals surface area contributed by atoms with Gasteiger partial charge in [0, 0.05) is 37.3 Å². The van der Waals surface area contributed by atoms with Gasteiger partial charge in [-0.25, -0.2) is 21.3 Å². The largest absolute Gasteiger partial charge is 0.477 e. The van der Waals surface area contributed by atoms with Crippen molar-refractivity contribution in [2.24, 2.45) is 16.7 Å². The number of pyridine rings is 1. The fourth-order valence-corrected chi connectivity index (χ4v) is 3.85. The van der Waals surface area contributed by atoms with Crippen molar-refractivity contribution in [3.63, 3.8) is 0 Å². The fourth-order valence-electron chi connectivity index (χ4n) is 3.85. The molecule has 0 spiro atoms. The summed E-state index contributed by atoms with van der Waals surface area (Å²) in [5.74, 6) is 7.59. The summed E-state index contributed by atoms with van der Waals surface area (Å²) >= 11 is 0. The number of oxazole rings is 1. The number of nitrogens with two attached hydrogens (primary N) is 2. The Morgan fingerprint density at radius 2 is 2.09 bits per heavy atom. The first-order chi connectivity index (χ1) is 15.6. The Morgan fingerprint density at radius 1 is 1.25 bits per heavy atom. The van der Waals surface area contributed by atoms with E-state index in [2.05, 4.69) is 20.6 Å². The van der Waals surface area contributed by atoms with Gasteiger partial charge in [0.25, 0.3) is 0 Å². The summed E-state index contributed by atoms with van der Waals surface area (Å²) in [7, 11) is 0. The highest BCUT2D eigenvalue weighted by molar-refractivity contribution is 5.89. The second kappa shape index (κ2) is 9.80. The number of amidine groups is 1. The second-order valence-corrected chi connectivity index (χ2v) is 7.74. The Kier molecular flexibility index (Phi) is 6.67. The molecule has 9 nitrogen and oxygen atoms in total. The highest BCUT2D eigenvalue weighted by Gasteiger charge is 2.39. The summed E-state index contributed by atoms with van der Waals surface area (Å²) in [6.07, 6.45) is 4.67. The number of rotatable bonds is 9. The number of aromatic nitrogens is 2. The van der Waals surface area contributed by atoms with Crippen LogP contribution < -0.4 is 21.8 Å². The molecule has 4 rings (SSSR count). The van der Waals surface area contributed by atoms with Gasteiger partial charge in [0.1, 0.15) is 11.4 Å². The van der Waals surface area contributed by atoms with Crippen LogP contribution in [0.5, 0.6) is 5.88 Å². The number of hydrogen-bond donors (Lipinski definition) is 3. The summed E-state index contributed by atoms with van der Waals surface area (Å²) in [5.41, 5.74) is 10.5. The molecule has 3 heterocycles. The van der Waals surface area contributed by atoms with E-state index in [-0.39, 0.29) is 0 Å². The zero-order chi connectivity index (χ0) is 22.4. The normalized spacial score (nSPS) is 18.6. The van der Waals surface area contributed by atoms with Crippen molar-refractivity contribution < 1.29 is 13.9 Å². The number of hydrogen-bond acceptors (Lipinski definition) is 8. The van der Waals surface area contributed by atoms with E-state index in [1.807, 2.05) is 49.4 Å². The van der Waals surface area contributed by atoms with E-state index in [0.717, 1.165) is 35.4 Å². The van der Waals surface area contributed by atoms with Crippen LogP contribution in [0.2, 0.25) is 0 Å². The Labute approximate surface area is 186 Å². The Balaban J connectivity index is 1.34. The van der Waals surface area contributed by atoms with Crippen LogP contribution in [-0.4, -0.2) is 34.6 Å². The molecular weight excluding hydrogens is 408 g/mol.